The van der Waals surface area contributed by atoms with E-state index in [1.165, 1.54) is 31.5 Å². The van der Waals surface area contributed by atoms with Crippen LogP contribution in [0.15, 0.2) is 36.7 Å². The van der Waals surface area contributed by atoms with Crippen molar-refractivity contribution in [2.45, 2.75) is 13.1 Å². The molecule has 2 rings (SSSR count). The summed E-state index contributed by atoms with van der Waals surface area (Å²) in [6.45, 7) is 1.50. The molecule has 20 heavy (non-hydrogen) atoms. The van der Waals surface area contributed by atoms with Crippen LogP contribution in [-0.2, 0) is 6.18 Å². The number of aryl methyl sites for hydroxylation is 1. The molecule has 0 saturated carbocycles. The maximum Gasteiger partial charge on any atom is 0.416 e. The van der Waals surface area contributed by atoms with Crippen molar-refractivity contribution in [2.24, 2.45) is 0 Å². The lowest BCUT2D eigenvalue weighted by molar-refractivity contribution is -0.137. The van der Waals surface area contributed by atoms with Gasteiger partial charge in [-0.25, -0.2) is 4.79 Å². The molecule has 0 aliphatic heterocycles. The van der Waals surface area contributed by atoms with E-state index in [2.05, 4.69) is 4.98 Å². The molecule has 0 spiro atoms. The zero-order valence-electron chi connectivity index (χ0n) is 10.4. The third kappa shape index (κ3) is 2.64. The predicted molar refractivity (Wildman–Crippen MR) is 66.4 cm³/mol. The molecule has 1 heterocycles. The molecule has 0 radical (unpaired) electrons. The van der Waals surface area contributed by atoms with E-state index in [9.17, 15) is 18.0 Å². The number of aromatic nitrogens is 1. The number of carbonyl (C=O) groups is 1. The van der Waals surface area contributed by atoms with E-state index in [0.717, 1.165) is 12.1 Å². The zero-order valence-corrected chi connectivity index (χ0v) is 10.4. The number of aromatic carboxylic acids is 1. The molecule has 1 aromatic heterocycles. The van der Waals surface area contributed by atoms with Crippen LogP contribution in [0.2, 0.25) is 0 Å². The van der Waals surface area contributed by atoms with Crippen molar-refractivity contribution in [1.29, 1.82) is 0 Å². The Hall–Kier alpha value is -2.37. The maximum atomic E-state index is 12.6. The van der Waals surface area contributed by atoms with Gasteiger partial charge < -0.3 is 5.11 Å². The number of alkyl halides is 3. The molecule has 0 saturated heterocycles. The molecule has 0 aliphatic carbocycles. The Balaban J connectivity index is 2.58. The number of nitrogens with zero attached hydrogens (tertiary/aromatic N) is 1. The van der Waals surface area contributed by atoms with Gasteiger partial charge in [0.1, 0.15) is 0 Å². The van der Waals surface area contributed by atoms with Crippen molar-refractivity contribution in [2.75, 3.05) is 0 Å². The van der Waals surface area contributed by atoms with Crippen LogP contribution in [0.5, 0.6) is 0 Å². The number of carboxylic acids is 1. The van der Waals surface area contributed by atoms with Gasteiger partial charge in [-0.1, -0.05) is 6.07 Å². The Kier molecular flexibility index (Phi) is 3.48. The van der Waals surface area contributed by atoms with Crippen LogP contribution in [-0.4, -0.2) is 16.1 Å². The van der Waals surface area contributed by atoms with E-state index in [1.807, 2.05) is 0 Å². The molecule has 0 amide bonds. The second-order valence-corrected chi connectivity index (χ2v) is 4.25. The van der Waals surface area contributed by atoms with Gasteiger partial charge in [-0.15, -0.1) is 0 Å². The van der Waals surface area contributed by atoms with Crippen LogP contribution >= 0.6 is 0 Å². The lowest BCUT2D eigenvalue weighted by Gasteiger charge is -2.12. The van der Waals surface area contributed by atoms with E-state index in [1.54, 1.807) is 0 Å². The number of hydrogen-bond donors (Lipinski definition) is 1. The summed E-state index contributed by atoms with van der Waals surface area (Å²) in [4.78, 5) is 15.0. The molecule has 0 fully saturated rings. The number of rotatable bonds is 2. The normalized spacial score (nSPS) is 11.4. The van der Waals surface area contributed by atoms with Crippen LogP contribution in [0, 0.1) is 6.92 Å². The number of hydrogen-bond acceptors (Lipinski definition) is 2. The molecule has 0 bridgehead atoms. The van der Waals surface area contributed by atoms with E-state index in [4.69, 9.17) is 5.11 Å². The highest BCUT2D eigenvalue weighted by molar-refractivity contribution is 5.96. The molecular formula is C14H10F3NO2. The number of halogens is 3. The Morgan fingerprint density at radius 3 is 2.45 bits per heavy atom. The minimum Gasteiger partial charge on any atom is -0.478 e. The summed E-state index contributed by atoms with van der Waals surface area (Å²) in [6.07, 6.45) is -1.76. The number of carboxylic acid groups (broad SMARTS) is 1. The third-order valence-electron chi connectivity index (χ3n) is 2.90. The molecule has 1 N–H and O–H groups in total. The Morgan fingerprint density at radius 1 is 1.20 bits per heavy atom. The van der Waals surface area contributed by atoms with Gasteiger partial charge in [0.25, 0.3) is 0 Å². The lowest BCUT2D eigenvalue weighted by atomic mass is 9.96. The van der Waals surface area contributed by atoms with Gasteiger partial charge >= 0.3 is 12.1 Å². The van der Waals surface area contributed by atoms with Gasteiger partial charge in [-0.05, 0) is 36.2 Å². The number of benzene rings is 1. The average Bonchev–Trinajstić information content (AvgIpc) is 2.37. The van der Waals surface area contributed by atoms with Gasteiger partial charge in [-0.3, -0.25) is 4.98 Å². The van der Waals surface area contributed by atoms with E-state index < -0.39 is 17.7 Å². The maximum absolute atomic E-state index is 12.6. The van der Waals surface area contributed by atoms with Crippen molar-refractivity contribution in [1.82, 2.24) is 4.98 Å². The summed E-state index contributed by atoms with van der Waals surface area (Å²) in [5, 5.41) is 9.09. The molecule has 2 aromatic rings. The zero-order chi connectivity index (χ0) is 14.9. The molecule has 1 aromatic carbocycles. The van der Waals surface area contributed by atoms with E-state index in [0.29, 0.717) is 16.7 Å². The minimum atomic E-state index is -4.42. The topological polar surface area (TPSA) is 50.2 Å². The quantitative estimate of drug-likeness (QED) is 0.911. The molecule has 104 valence electrons. The van der Waals surface area contributed by atoms with Crippen LogP contribution < -0.4 is 0 Å². The number of pyridine rings is 1. The molecular weight excluding hydrogens is 271 g/mol. The van der Waals surface area contributed by atoms with Crippen LogP contribution in [0.3, 0.4) is 0 Å². The second-order valence-electron chi connectivity index (χ2n) is 4.25. The first kappa shape index (κ1) is 14.0. The summed E-state index contributed by atoms with van der Waals surface area (Å²) < 4.78 is 37.8. The van der Waals surface area contributed by atoms with Gasteiger partial charge in [0.2, 0.25) is 0 Å². The predicted octanol–water partition coefficient (Wildman–Crippen LogP) is 3.77. The summed E-state index contributed by atoms with van der Waals surface area (Å²) in [5.41, 5.74) is 0.299. The van der Waals surface area contributed by atoms with Crippen molar-refractivity contribution < 1.29 is 23.1 Å². The van der Waals surface area contributed by atoms with Crippen molar-refractivity contribution in [3.8, 4) is 11.1 Å². The van der Waals surface area contributed by atoms with Gasteiger partial charge in [0.05, 0.1) is 11.1 Å². The molecule has 6 heteroatoms. The van der Waals surface area contributed by atoms with Gasteiger partial charge in [0, 0.05) is 18.0 Å². The largest absolute Gasteiger partial charge is 0.478 e. The highest BCUT2D eigenvalue weighted by Crippen LogP contribution is 2.33. The Morgan fingerprint density at radius 2 is 1.90 bits per heavy atom. The van der Waals surface area contributed by atoms with Crippen molar-refractivity contribution in [3.63, 3.8) is 0 Å². The molecule has 3 nitrogen and oxygen atoms in total. The standard InChI is InChI=1S/C14H10F3NO2/c1-8-6-9(14(15,16)17)2-3-10(8)12-7-18-5-4-11(12)13(19)20/h2-7H,1H3,(H,19,20). The van der Waals surface area contributed by atoms with Gasteiger partial charge in [-0.2, -0.15) is 13.2 Å². The fourth-order valence-corrected chi connectivity index (χ4v) is 1.94. The Bertz CT molecular complexity index is 666. The van der Waals surface area contributed by atoms with Crippen LogP contribution in [0.4, 0.5) is 13.2 Å². The molecule has 0 unspecified atom stereocenters. The highest BCUT2D eigenvalue weighted by atomic mass is 19.4. The van der Waals surface area contributed by atoms with E-state index in [-0.39, 0.29) is 5.56 Å². The SMILES string of the molecule is Cc1cc(C(F)(F)F)ccc1-c1cnccc1C(=O)O. The van der Waals surface area contributed by atoms with Crippen molar-refractivity contribution >= 4 is 5.97 Å². The fourth-order valence-electron chi connectivity index (χ4n) is 1.94. The summed E-state index contributed by atoms with van der Waals surface area (Å²) in [5.74, 6) is -1.15. The highest BCUT2D eigenvalue weighted by Gasteiger charge is 2.30. The fraction of sp³-hybridized carbons (Fsp3) is 0.143. The second kappa shape index (κ2) is 4.96. The lowest BCUT2D eigenvalue weighted by Crippen LogP contribution is -2.06. The van der Waals surface area contributed by atoms with Crippen molar-refractivity contribution in [3.05, 3.63) is 53.3 Å². The monoisotopic (exact) mass is 281 g/mol. The Labute approximate surface area is 112 Å². The first-order chi connectivity index (χ1) is 9.30. The summed E-state index contributed by atoms with van der Waals surface area (Å²) in [7, 11) is 0. The smallest absolute Gasteiger partial charge is 0.416 e. The summed E-state index contributed by atoms with van der Waals surface area (Å²) >= 11 is 0. The molecule has 0 atom stereocenters. The van der Waals surface area contributed by atoms with E-state index >= 15 is 0 Å². The first-order valence-corrected chi connectivity index (χ1v) is 5.66. The van der Waals surface area contributed by atoms with Gasteiger partial charge in [0.15, 0.2) is 0 Å². The average molecular weight is 281 g/mol. The first-order valence-electron chi connectivity index (χ1n) is 5.66. The minimum absolute atomic E-state index is 0.00265. The summed E-state index contributed by atoms with van der Waals surface area (Å²) in [6, 6.07) is 4.51. The molecule has 0 aliphatic rings. The van der Waals surface area contributed by atoms with Crippen LogP contribution in [0.25, 0.3) is 11.1 Å². The van der Waals surface area contributed by atoms with Crippen LogP contribution in [0.1, 0.15) is 21.5 Å². The third-order valence-corrected chi connectivity index (χ3v) is 2.90.